The van der Waals surface area contributed by atoms with Crippen LogP contribution in [0.5, 0.6) is 5.75 Å². The molecule has 0 bridgehead atoms. The number of alkyl halides is 2. The number of carbonyl (C=O) groups is 1. The molecule has 8 heteroatoms. The van der Waals surface area contributed by atoms with Gasteiger partial charge in [-0.2, -0.15) is 8.78 Å². The van der Waals surface area contributed by atoms with E-state index in [0.717, 1.165) is 12.8 Å². The molecule has 158 valence electrons. The molecule has 0 aromatic heterocycles. The monoisotopic (exact) mass is 417 g/mol. The normalized spacial score (nSPS) is 12.9. The van der Waals surface area contributed by atoms with Crippen molar-refractivity contribution < 1.29 is 22.7 Å². The van der Waals surface area contributed by atoms with Crippen LogP contribution >= 0.6 is 0 Å². The summed E-state index contributed by atoms with van der Waals surface area (Å²) >= 11 is 0. The molecule has 1 saturated carbocycles. The largest absolute Gasteiger partial charge is 0.435 e. The molecule has 0 radical (unpaired) electrons. The third kappa shape index (κ3) is 7.17. The third-order valence-electron chi connectivity index (χ3n) is 4.05. The Morgan fingerprint density at radius 2 is 1.90 bits per heavy atom. The van der Waals surface area contributed by atoms with Gasteiger partial charge >= 0.3 is 6.61 Å². The number of nitrogens with two attached hydrogens (primary N) is 1. The number of ether oxygens (including phenoxy) is 1. The van der Waals surface area contributed by atoms with Crippen LogP contribution in [0.4, 0.5) is 13.2 Å². The molecule has 2 aromatic carbocycles. The fourth-order valence-corrected chi connectivity index (χ4v) is 2.21. The lowest BCUT2D eigenvalue weighted by molar-refractivity contribution is -0.0498. The number of halogens is 3. The minimum absolute atomic E-state index is 0.102. The minimum atomic E-state index is -2.73. The van der Waals surface area contributed by atoms with Crippen molar-refractivity contribution in [1.82, 2.24) is 4.90 Å². The standard InChI is InChI=1S/C15H16FN3O.C7H6F2O/c1-18-15(17)19(2)14(20)12-7-8-13(16)11(9-12)6-5-10-3-4-10;8-7(9)10-6-4-2-1-3-5-6/h7-10H,3-4H2,1-2H3,(H2,17,18);1-5,7H. The molecule has 3 rings (SSSR count). The number of carbonyl (C=O) groups excluding carboxylic acids is 1. The van der Waals surface area contributed by atoms with Crippen LogP contribution in [0.25, 0.3) is 0 Å². The van der Waals surface area contributed by atoms with E-state index in [1.165, 1.54) is 49.3 Å². The number of hydrogen-bond donors (Lipinski definition) is 1. The molecule has 1 aliphatic carbocycles. The van der Waals surface area contributed by atoms with Gasteiger partial charge in [-0.15, -0.1) is 0 Å². The van der Waals surface area contributed by atoms with Gasteiger partial charge in [0.15, 0.2) is 5.96 Å². The van der Waals surface area contributed by atoms with E-state index < -0.39 is 12.4 Å². The second-order valence-corrected chi connectivity index (χ2v) is 6.38. The van der Waals surface area contributed by atoms with Crippen molar-refractivity contribution >= 4 is 11.9 Å². The number of rotatable bonds is 3. The zero-order valence-electron chi connectivity index (χ0n) is 16.6. The molecule has 2 N–H and O–H groups in total. The smallest absolute Gasteiger partial charge is 0.387 e. The van der Waals surface area contributed by atoms with E-state index in [0.29, 0.717) is 11.5 Å². The van der Waals surface area contributed by atoms with Gasteiger partial charge in [0.1, 0.15) is 11.6 Å². The molecule has 0 spiro atoms. The van der Waals surface area contributed by atoms with Crippen LogP contribution in [-0.2, 0) is 0 Å². The van der Waals surface area contributed by atoms with Gasteiger partial charge in [0.25, 0.3) is 5.91 Å². The maximum Gasteiger partial charge on any atom is 0.387 e. The first-order valence-electron chi connectivity index (χ1n) is 9.13. The molecule has 1 amide bonds. The van der Waals surface area contributed by atoms with Gasteiger partial charge in [0, 0.05) is 25.6 Å². The molecule has 0 heterocycles. The molecule has 1 aliphatic rings. The Labute approximate surface area is 173 Å². The maximum absolute atomic E-state index is 13.7. The summed E-state index contributed by atoms with van der Waals surface area (Å²) in [5.74, 6) is 5.68. The van der Waals surface area contributed by atoms with E-state index in [2.05, 4.69) is 21.6 Å². The Kier molecular flexibility index (Phi) is 8.29. The molecule has 0 unspecified atom stereocenters. The molecule has 30 heavy (non-hydrogen) atoms. The molecular weight excluding hydrogens is 395 g/mol. The predicted molar refractivity (Wildman–Crippen MR) is 109 cm³/mol. The highest BCUT2D eigenvalue weighted by atomic mass is 19.3. The van der Waals surface area contributed by atoms with Gasteiger partial charge in [0.05, 0.1) is 5.56 Å². The fourth-order valence-electron chi connectivity index (χ4n) is 2.21. The Hall–Kier alpha value is -3.47. The zero-order chi connectivity index (χ0) is 22.1. The summed E-state index contributed by atoms with van der Waals surface area (Å²) in [5.41, 5.74) is 6.16. The lowest BCUT2D eigenvalue weighted by Gasteiger charge is -2.15. The Morgan fingerprint density at radius 1 is 1.23 bits per heavy atom. The highest BCUT2D eigenvalue weighted by molar-refractivity contribution is 6.05. The second-order valence-electron chi connectivity index (χ2n) is 6.38. The van der Waals surface area contributed by atoms with Crippen molar-refractivity contribution in [3.8, 4) is 17.6 Å². The van der Waals surface area contributed by atoms with Gasteiger partial charge in [-0.25, -0.2) is 4.39 Å². The molecule has 1 fully saturated rings. The summed E-state index contributed by atoms with van der Waals surface area (Å²) in [5, 5.41) is 0. The zero-order valence-corrected chi connectivity index (χ0v) is 16.6. The first-order valence-corrected chi connectivity index (χ1v) is 9.13. The summed E-state index contributed by atoms with van der Waals surface area (Å²) in [6, 6.07) is 12.1. The lowest BCUT2D eigenvalue weighted by atomic mass is 10.1. The van der Waals surface area contributed by atoms with E-state index in [1.807, 2.05) is 0 Å². The average molecular weight is 417 g/mol. The van der Waals surface area contributed by atoms with Crippen molar-refractivity contribution in [1.29, 1.82) is 0 Å². The lowest BCUT2D eigenvalue weighted by Crippen LogP contribution is -2.38. The Balaban J connectivity index is 0.000000269. The molecule has 0 saturated heterocycles. The topological polar surface area (TPSA) is 67.9 Å². The fraction of sp³-hybridized carbons (Fsp3) is 0.273. The van der Waals surface area contributed by atoms with E-state index in [1.54, 1.807) is 18.2 Å². The number of nitrogens with zero attached hydrogens (tertiary/aromatic N) is 2. The summed E-state index contributed by atoms with van der Waals surface area (Å²) < 4.78 is 40.7. The second kappa shape index (κ2) is 10.9. The van der Waals surface area contributed by atoms with Crippen LogP contribution in [0.2, 0.25) is 0 Å². The number of para-hydroxylation sites is 1. The Morgan fingerprint density at radius 3 is 2.47 bits per heavy atom. The van der Waals surface area contributed by atoms with Crippen molar-refractivity contribution in [2.75, 3.05) is 14.1 Å². The molecule has 2 aromatic rings. The Bertz CT molecular complexity index is 949. The first-order chi connectivity index (χ1) is 14.3. The highest BCUT2D eigenvalue weighted by Crippen LogP contribution is 2.27. The highest BCUT2D eigenvalue weighted by Gasteiger charge is 2.19. The van der Waals surface area contributed by atoms with E-state index in [-0.39, 0.29) is 23.2 Å². The van der Waals surface area contributed by atoms with Crippen LogP contribution in [-0.4, -0.2) is 37.5 Å². The summed E-state index contributed by atoms with van der Waals surface area (Å²) in [4.78, 5) is 17.1. The van der Waals surface area contributed by atoms with E-state index in [4.69, 9.17) is 5.73 Å². The van der Waals surface area contributed by atoms with Crippen LogP contribution in [0.15, 0.2) is 53.5 Å². The number of amides is 1. The average Bonchev–Trinajstić information content (AvgIpc) is 3.57. The van der Waals surface area contributed by atoms with Gasteiger partial charge < -0.3 is 10.5 Å². The predicted octanol–water partition coefficient (Wildman–Crippen LogP) is 3.89. The number of guanidine groups is 1. The van der Waals surface area contributed by atoms with Gasteiger partial charge in [-0.05, 0) is 43.2 Å². The molecule has 0 aliphatic heterocycles. The van der Waals surface area contributed by atoms with Crippen LogP contribution in [0.1, 0.15) is 28.8 Å². The number of hydrogen-bond acceptors (Lipinski definition) is 3. The van der Waals surface area contributed by atoms with Crippen LogP contribution < -0.4 is 10.5 Å². The van der Waals surface area contributed by atoms with E-state index in [9.17, 15) is 18.0 Å². The van der Waals surface area contributed by atoms with Gasteiger partial charge in [-0.3, -0.25) is 14.7 Å². The van der Waals surface area contributed by atoms with Crippen molar-refractivity contribution in [3.05, 3.63) is 65.5 Å². The maximum atomic E-state index is 13.7. The summed E-state index contributed by atoms with van der Waals surface area (Å²) in [6.45, 7) is -2.73. The molecule has 0 atom stereocenters. The third-order valence-corrected chi connectivity index (χ3v) is 4.05. The van der Waals surface area contributed by atoms with Crippen molar-refractivity contribution in [3.63, 3.8) is 0 Å². The van der Waals surface area contributed by atoms with Gasteiger partial charge in [-0.1, -0.05) is 30.0 Å². The van der Waals surface area contributed by atoms with Crippen molar-refractivity contribution in [2.45, 2.75) is 19.5 Å². The minimum Gasteiger partial charge on any atom is -0.435 e. The summed E-state index contributed by atoms with van der Waals surface area (Å²) in [7, 11) is 3.01. The first kappa shape index (κ1) is 22.8. The van der Waals surface area contributed by atoms with Crippen LogP contribution in [0.3, 0.4) is 0 Å². The van der Waals surface area contributed by atoms with Gasteiger partial charge in [0.2, 0.25) is 0 Å². The molecular formula is C22H22F3N3O2. The van der Waals surface area contributed by atoms with Crippen LogP contribution in [0, 0.1) is 23.6 Å². The van der Waals surface area contributed by atoms with E-state index >= 15 is 0 Å². The summed E-state index contributed by atoms with van der Waals surface area (Å²) in [6.07, 6.45) is 2.14. The SMILES string of the molecule is CN=C(N)N(C)C(=O)c1ccc(F)c(C#CC2CC2)c1.FC(F)Oc1ccccc1. The van der Waals surface area contributed by atoms with Crippen molar-refractivity contribution in [2.24, 2.45) is 16.6 Å². The quantitative estimate of drug-likeness (QED) is 0.468. The number of benzene rings is 2. The molecule has 5 nitrogen and oxygen atoms in total. The number of aliphatic imine (C=N–C) groups is 1.